The van der Waals surface area contributed by atoms with E-state index in [0.29, 0.717) is 22.3 Å². The van der Waals surface area contributed by atoms with Gasteiger partial charge in [-0.3, -0.25) is 9.10 Å². The topological polar surface area (TPSA) is 57.7 Å². The molecule has 0 bridgehead atoms. The Morgan fingerprint density at radius 1 is 1.30 bits per heavy atom. The number of carbonyl (C=O) groups is 1. The van der Waals surface area contributed by atoms with Crippen LogP contribution in [-0.4, -0.2) is 26.9 Å². The molecule has 1 atom stereocenters. The van der Waals surface area contributed by atoms with E-state index < -0.39 is 15.8 Å². The normalized spacial score (nSPS) is 16.3. The van der Waals surface area contributed by atoms with E-state index in [1.807, 2.05) is 6.92 Å². The lowest BCUT2D eigenvalue weighted by Gasteiger charge is -2.25. The van der Waals surface area contributed by atoms with Gasteiger partial charge in [0.2, 0.25) is 5.91 Å². The van der Waals surface area contributed by atoms with E-state index in [4.69, 9.17) is 0 Å². The number of hydrogen-bond acceptors (Lipinski definition) is 3. The van der Waals surface area contributed by atoms with Gasteiger partial charge in [-0.15, -0.1) is 0 Å². The summed E-state index contributed by atoms with van der Waals surface area (Å²) in [7, 11) is -3.91. The first-order valence-electron chi connectivity index (χ1n) is 8.57. The predicted octanol–water partition coefficient (Wildman–Crippen LogP) is 4.10. The molecule has 1 aliphatic heterocycles. The van der Waals surface area contributed by atoms with E-state index in [-0.39, 0.29) is 23.4 Å². The summed E-state index contributed by atoms with van der Waals surface area (Å²) < 4.78 is 41.5. The number of rotatable bonds is 4. The summed E-state index contributed by atoms with van der Waals surface area (Å²) in [5.41, 5.74) is 1.92. The number of hydrogen-bond donors (Lipinski definition) is 0. The zero-order valence-corrected chi connectivity index (χ0v) is 17.6. The molecule has 0 fully saturated rings. The van der Waals surface area contributed by atoms with Crippen LogP contribution in [0.25, 0.3) is 0 Å². The van der Waals surface area contributed by atoms with E-state index in [0.717, 1.165) is 5.56 Å². The van der Waals surface area contributed by atoms with Gasteiger partial charge in [0, 0.05) is 29.7 Å². The summed E-state index contributed by atoms with van der Waals surface area (Å²) in [5.74, 6) is -0.560. The lowest BCUT2D eigenvalue weighted by Crippen LogP contribution is -2.34. The summed E-state index contributed by atoms with van der Waals surface area (Å²) >= 11 is 3.37. The molecule has 0 aromatic heterocycles. The van der Waals surface area contributed by atoms with Gasteiger partial charge in [0.1, 0.15) is 10.7 Å². The van der Waals surface area contributed by atoms with Crippen molar-refractivity contribution >= 4 is 43.2 Å². The largest absolute Gasteiger partial charge is 0.309 e. The third-order valence-corrected chi connectivity index (χ3v) is 7.52. The molecule has 2 aromatic carbocycles. The van der Waals surface area contributed by atoms with Gasteiger partial charge in [0.05, 0.1) is 5.69 Å². The zero-order chi connectivity index (χ0) is 19.9. The molecule has 8 heteroatoms. The average molecular weight is 455 g/mol. The Labute approximate surface area is 167 Å². The number of amides is 1. The number of sulfonamides is 1. The number of anilines is 2. The Morgan fingerprint density at radius 3 is 2.48 bits per heavy atom. The molecule has 0 saturated heterocycles. The van der Waals surface area contributed by atoms with Crippen molar-refractivity contribution < 1.29 is 17.6 Å². The molecular weight excluding hydrogens is 435 g/mol. The van der Waals surface area contributed by atoms with Crippen molar-refractivity contribution in [1.82, 2.24) is 0 Å². The molecule has 3 rings (SSSR count). The highest BCUT2D eigenvalue weighted by Gasteiger charge is 2.33. The van der Waals surface area contributed by atoms with Crippen LogP contribution in [0.4, 0.5) is 15.8 Å². The van der Waals surface area contributed by atoms with Crippen LogP contribution in [0, 0.1) is 5.82 Å². The predicted molar refractivity (Wildman–Crippen MR) is 107 cm³/mol. The van der Waals surface area contributed by atoms with Gasteiger partial charge in [-0.2, -0.15) is 0 Å². The standard InChI is InChI=1S/C19H20BrFN2O3S/c1-4-22(16-7-5-15(21)6-8-16)27(25,26)19-11-18-14(10-17(19)20)9-12(2)23(18)13(3)24/h5-8,10-12H,4,9H2,1-3H3. The summed E-state index contributed by atoms with van der Waals surface area (Å²) in [5, 5.41) is 0. The summed E-state index contributed by atoms with van der Waals surface area (Å²) in [6.45, 7) is 5.30. The van der Waals surface area contributed by atoms with E-state index in [2.05, 4.69) is 15.9 Å². The molecule has 1 amide bonds. The van der Waals surface area contributed by atoms with Gasteiger partial charge < -0.3 is 4.90 Å². The van der Waals surface area contributed by atoms with E-state index in [1.165, 1.54) is 35.5 Å². The van der Waals surface area contributed by atoms with Crippen LogP contribution < -0.4 is 9.21 Å². The third kappa shape index (κ3) is 3.48. The van der Waals surface area contributed by atoms with Crippen LogP contribution >= 0.6 is 15.9 Å². The number of fused-ring (bicyclic) bond motifs is 1. The van der Waals surface area contributed by atoms with Gasteiger partial charge in [0.25, 0.3) is 10.0 Å². The van der Waals surface area contributed by atoms with Crippen LogP contribution in [0.5, 0.6) is 0 Å². The second-order valence-corrected chi connectivity index (χ2v) is 9.18. The number of carbonyl (C=O) groups excluding carboxylic acids is 1. The lowest BCUT2D eigenvalue weighted by molar-refractivity contribution is -0.116. The van der Waals surface area contributed by atoms with Crippen LogP contribution in [0.15, 0.2) is 45.8 Å². The highest BCUT2D eigenvalue weighted by Crippen LogP contribution is 2.39. The van der Waals surface area contributed by atoms with Crippen molar-refractivity contribution in [3.8, 4) is 0 Å². The van der Waals surface area contributed by atoms with Gasteiger partial charge in [0.15, 0.2) is 0 Å². The first kappa shape index (κ1) is 19.8. The minimum atomic E-state index is -3.91. The van der Waals surface area contributed by atoms with Crippen molar-refractivity contribution in [2.24, 2.45) is 0 Å². The molecule has 5 nitrogen and oxygen atoms in total. The quantitative estimate of drug-likeness (QED) is 0.698. The zero-order valence-electron chi connectivity index (χ0n) is 15.2. The van der Waals surface area contributed by atoms with E-state index in [9.17, 15) is 17.6 Å². The number of nitrogens with zero attached hydrogens (tertiary/aromatic N) is 2. The van der Waals surface area contributed by atoms with E-state index in [1.54, 1.807) is 24.0 Å². The first-order valence-corrected chi connectivity index (χ1v) is 10.8. The molecule has 2 aromatic rings. The smallest absolute Gasteiger partial charge is 0.265 e. The van der Waals surface area contributed by atoms with Gasteiger partial charge >= 0.3 is 0 Å². The van der Waals surface area contributed by atoms with Crippen molar-refractivity contribution in [2.45, 2.75) is 38.1 Å². The Hall–Kier alpha value is -1.93. The number of benzene rings is 2. The molecule has 1 heterocycles. The fourth-order valence-electron chi connectivity index (χ4n) is 3.51. The van der Waals surface area contributed by atoms with Crippen molar-refractivity contribution in [2.75, 3.05) is 15.7 Å². The second kappa shape index (κ2) is 7.24. The minimum absolute atomic E-state index is 0.0262. The average Bonchev–Trinajstić information content (AvgIpc) is 2.91. The molecule has 1 aliphatic rings. The molecule has 0 N–H and O–H groups in total. The second-order valence-electron chi connectivity index (χ2n) is 6.50. The molecule has 0 saturated carbocycles. The Kier molecular flexibility index (Phi) is 5.31. The fraction of sp³-hybridized carbons (Fsp3) is 0.316. The number of halogens is 2. The molecule has 0 spiro atoms. The van der Waals surface area contributed by atoms with E-state index >= 15 is 0 Å². The van der Waals surface area contributed by atoms with Crippen molar-refractivity contribution in [1.29, 1.82) is 0 Å². The summed E-state index contributed by atoms with van der Waals surface area (Å²) in [6.07, 6.45) is 0.670. The van der Waals surface area contributed by atoms with Crippen LogP contribution in [-0.2, 0) is 21.2 Å². The monoisotopic (exact) mass is 454 g/mol. The van der Waals surface area contributed by atoms with Gasteiger partial charge in [-0.05, 0) is 78.2 Å². The maximum atomic E-state index is 13.3. The molecular formula is C19H20BrFN2O3S. The Balaban J connectivity index is 2.12. The molecule has 27 heavy (non-hydrogen) atoms. The summed E-state index contributed by atoms with van der Waals surface area (Å²) in [4.78, 5) is 13.7. The lowest BCUT2D eigenvalue weighted by atomic mass is 10.1. The Morgan fingerprint density at radius 2 is 1.93 bits per heavy atom. The van der Waals surface area contributed by atoms with Crippen LogP contribution in [0.2, 0.25) is 0 Å². The summed E-state index contributed by atoms with van der Waals surface area (Å²) in [6, 6.07) is 8.60. The van der Waals surface area contributed by atoms with Crippen molar-refractivity contribution in [3.05, 3.63) is 52.3 Å². The molecule has 1 unspecified atom stereocenters. The van der Waals surface area contributed by atoms with Gasteiger partial charge in [-0.25, -0.2) is 12.8 Å². The van der Waals surface area contributed by atoms with Crippen LogP contribution in [0.1, 0.15) is 26.3 Å². The Bertz CT molecular complexity index is 993. The minimum Gasteiger partial charge on any atom is -0.309 e. The SMILES string of the molecule is CCN(c1ccc(F)cc1)S(=O)(=O)c1cc2c(cc1Br)CC(C)N2C(C)=O. The van der Waals surface area contributed by atoms with Crippen molar-refractivity contribution in [3.63, 3.8) is 0 Å². The highest BCUT2D eigenvalue weighted by molar-refractivity contribution is 9.10. The van der Waals surface area contributed by atoms with Gasteiger partial charge in [-0.1, -0.05) is 0 Å². The molecule has 144 valence electrons. The first-order chi connectivity index (χ1) is 12.7. The fourth-order valence-corrected chi connectivity index (χ4v) is 6.06. The maximum Gasteiger partial charge on any atom is 0.265 e. The van der Waals surface area contributed by atoms with Crippen LogP contribution in [0.3, 0.4) is 0 Å². The molecule has 0 radical (unpaired) electrons. The molecule has 0 aliphatic carbocycles. The third-order valence-electron chi connectivity index (χ3n) is 4.66. The highest BCUT2D eigenvalue weighted by atomic mass is 79.9. The maximum absolute atomic E-state index is 13.3.